The topological polar surface area (TPSA) is 62.8 Å². The van der Waals surface area contributed by atoms with Crippen molar-refractivity contribution in [1.82, 2.24) is 10.2 Å². The van der Waals surface area contributed by atoms with Crippen molar-refractivity contribution in [1.29, 1.82) is 0 Å². The molecule has 2 N–H and O–H groups in total. The van der Waals surface area contributed by atoms with Crippen LogP contribution < -0.4 is 20.1 Å². The first kappa shape index (κ1) is 22.0. The molecule has 7 heteroatoms. The van der Waals surface area contributed by atoms with E-state index in [4.69, 9.17) is 21.1 Å². The third kappa shape index (κ3) is 7.03. The molecule has 0 bridgehead atoms. The Morgan fingerprint density at radius 2 is 1.89 bits per heavy atom. The van der Waals surface area contributed by atoms with Gasteiger partial charge in [-0.3, -0.25) is 4.79 Å². The Bertz CT molecular complexity index is 779. The standard InChI is InChI=1S/C21H28ClN3O3/c1-15-5-7-17(8-6-15)24-20(26)14-28-21-18(22)11-16(12-19(21)27-4)13-23-9-10-25(2)3/h5-8,11-12,23H,9-10,13-14H2,1-4H3,(H,24,26). The number of rotatable bonds is 10. The van der Waals surface area contributed by atoms with E-state index in [0.29, 0.717) is 23.1 Å². The van der Waals surface area contributed by atoms with Gasteiger partial charge in [-0.25, -0.2) is 0 Å². The molecule has 0 saturated carbocycles. The van der Waals surface area contributed by atoms with E-state index in [-0.39, 0.29) is 12.5 Å². The van der Waals surface area contributed by atoms with Crippen LogP contribution in [0.1, 0.15) is 11.1 Å². The van der Waals surface area contributed by atoms with Crippen molar-refractivity contribution in [3.8, 4) is 11.5 Å². The lowest BCUT2D eigenvalue weighted by atomic mass is 10.2. The molecule has 0 unspecified atom stereocenters. The molecule has 1 amide bonds. The molecule has 0 radical (unpaired) electrons. The van der Waals surface area contributed by atoms with Crippen molar-refractivity contribution in [2.45, 2.75) is 13.5 Å². The molecule has 0 fully saturated rings. The molecule has 0 aliphatic rings. The molecular weight excluding hydrogens is 378 g/mol. The Morgan fingerprint density at radius 1 is 1.18 bits per heavy atom. The number of halogens is 1. The fourth-order valence-corrected chi connectivity index (χ4v) is 2.81. The van der Waals surface area contributed by atoms with Crippen molar-refractivity contribution < 1.29 is 14.3 Å². The minimum absolute atomic E-state index is 0.162. The van der Waals surface area contributed by atoms with E-state index in [1.807, 2.05) is 57.4 Å². The van der Waals surface area contributed by atoms with Gasteiger partial charge in [0.05, 0.1) is 12.1 Å². The number of nitrogens with one attached hydrogen (secondary N) is 2. The molecule has 2 aromatic carbocycles. The van der Waals surface area contributed by atoms with Crippen LogP contribution in [0, 0.1) is 6.92 Å². The Labute approximate surface area is 171 Å². The van der Waals surface area contributed by atoms with Gasteiger partial charge in [-0.05, 0) is 50.8 Å². The lowest BCUT2D eigenvalue weighted by Crippen LogP contribution is -2.26. The first-order valence-electron chi connectivity index (χ1n) is 9.10. The maximum absolute atomic E-state index is 12.1. The van der Waals surface area contributed by atoms with Crippen molar-refractivity contribution in [3.05, 3.63) is 52.5 Å². The Hall–Kier alpha value is -2.28. The minimum Gasteiger partial charge on any atom is -0.493 e. The molecule has 0 saturated heterocycles. The fourth-order valence-electron chi connectivity index (χ4n) is 2.52. The van der Waals surface area contributed by atoms with Gasteiger partial charge in [0.2, 0.25) is 0 Å². The number of anilines is 1. The molecule has 152 valence electrons. The van der Waals surface area contributed by atoms with E-state index in [9.17, 15) is 4.79 Å². The number of carbonyl (C=O) groups is 1. The van der Waals surface area contributed by atoms with Crippen LogP contribution in [0.4, 0.5) is 5.69 Å². The van der Waals surface area contributed by atoms with Crippen molar-refractivity contribution >= 4 is 23.2 Å². The molecule has 28 heavy (non-hydrogen) atoms. The molecule has 2 aromatic rings. The van der Waals surface area contributed by atoms with Crippen LogP contribution in [0.3, 0.4) is 0 Å². The van der Waals surface area contributed by atoms with Gasteiger partial charge < -0.3 is 25.0 Å². The number of hydrogen-bond donors (Lipinski definition) is 2. The summed E-state index contributed by atoms with van der Waals surface area (Å²) in [6, 6.07) is 11.2. The van der Waals surface area contributed by atoms with Crippen LogP contribution >= 0.6 is 11.6 Å². The number of carbonyl (C=O) groups excluding carboxylic acids is 1. The SMILES string of the molecule is COc1cc(CNCCN(C)C)cc(Cl)c1OCC(=O)Nc1ccc(C)cc1. The van der Waals surface area contributed by atoms with E-state index in [2.05, 4.69) is 15.5 Å². The predicted octanol–water partition coefficient (Wildman–Crippen LogP) is 3.33. The highest BCUT2D eigenvalue weighted by atomic mass is 35.5. The number of ether oxygens (including phenoxy) is 2. The molecule has 0 aromatic heterocycles. The van der Waals surface area contributed by atoms with Gasteiger partial charge in [-0.1, -0.05) is 29.3 Å². The zero-order chi connectivity index (χ0) is 20.5. The molecular formula is C21H28ClN3O3. The third-order valence-electron chi connectivity index (χ3n) is 4.04. The summed E-state index contributed by atoms with van der Waals surface area (Å²) in [5.41, 5.74) is 2.83. The molecule has 0 aliphatic heterocycles. The monoisotopic (exact) mass is 405 g/mol. The highest BCUT2D eigenvalue weighted by molar-refractivity contribution is 6.32. The van der Waals surface area contributed by atoms with Gasteiger partial charge in [0.15, 0.2) is 18.1 Å². The Balaban J connectivity index is 1.94. The number of aryl methyl sites for hydroxylation is 1. The molecule has 0 atom stereocenters. The van der Waals surface area contributed by atoms with Crippen molar-refractivity contribution in [2.24, 2.45) is 0 Å². The van der Waals surface area contributed by atoms with E-state index >= 15 is 0 Å². The highest BCUT2D eigenvalue weighted by Gasteiger charge is 2.14. The molecule has 0 aliphatic carbocycles. The summed E-state index contributed by atoms with van der Waals surface area (Å²) >= 11 is 6.36. The van der Waals surface area contributed by atoms with Gasteiger partial charge in [0.25, 0.3) is 5.91 Å². The Kier molecular flexibility index (Phi) is 8.57. The van der Waals surface area contributed by atoms with Gasteiger partial charge in [-0.2, -0.15) is 0 Å². The second-order valence-electron chi connectivity index (χ2n) is 6.79. The van der Waals surface area contributed by atoms with E-state index in [1.54, 1.807) is 7.11 Å². The second-order valence-corrected chi connectivity index (χ2v) is 7.20. The molecule has 0 heterocycles. The number of methoxy groups -OCH3 is 1. The quantitative estimate of drug-likeness (QED) is 0.594. The van der Waals surface area contributed by atoms with Gasteiger partial charge in [-0.15, -0.1) is 0 Å². The average molecular weight is 406 g/mol. The maximum Gasteiger partial charge on any atom is 0.262 e. The fraction of sp³-hybridized carbons (Fsp3) is 0.381. The minimum atomic E-state index is -0.267. The van der Waals surface area contributed by atoms with Gasteiger partial charge >= 0.3 is 0 Å². The second kappa shape index (κ2) is 10.9. The van der Waals surface area contributed by atoms with Crippen LogP contribution in [-0.4, -0.2) is 51.7 Å². The summed E-state index contributed by atoms with van der Waals surface area (Å²) in [7, 11) is 5.61. The summed E-state index contributed by atoms with van der Waals surface area (Å²) < 4.78 is 11.0. The largest absolute Gasteiger partial charge is 0.493 e. The lowest BCUT2D eigenvalue weighted by molar-refractivity contribution is -0.118. The van der Waals surface area contributed by atoms with Crippen LogP contribution in [0.5, 0.6) is 11.5 Å². The average Bonchev–Trinajstić information content (AvgIpc) is 2.65. The first-order valence-corrected chi connectivity index (χ1v) is 9.48. The van der Waals surface area contributed by atoms with Gasteiger partial charge in [0.1, 0.15) is 0 Å². The number of benzene rings is 2. The number of hydrogen-bond acceptors (Lipinski definition) is 5. The molecule has 2 rings (SSSR count). The zero-order valence-corrected chi connectivity index (χ0v) is 17.6. The van der Waals surface area contributed by atoms with Crippen LogP contribution in [0.25, 0.3) is 0 Å². The zero-order valence-electron chi connectivity index (χ0n) is 16.8. The van der Waals surface area contributed by atoms with Crippen LogP contribution in [0.15, 0.2) is 36.4 Å². The van der Waals surface area contributed by atoms with Crippen LogP contribution in [0.2, 0.25) is 5.02 Å². The number of likely N-dealkylation sites (N-methyl/N-ethyl adjacent to an activating group) is 1. The number of nitrogens with zero attached hydrogens (tertiary/aromatic N) is 1. The van der Waals surface area contributed by atoms with E-state index in [1.165, 1.54) is 0 Å². The van der Waals surface area contributed by atoms with E-state index in [0.717, 1.165) is 29.9 Å². The van der Waals surface area contributed by atoms with E-state index < -0.39 is 0 Å². The first-order chi connectivity index (χ1) is 13.4. The van der Waals surface area contributed by atoms with Crippen molar-refractivity contribution in [2.75, 3.05) is 46.2 Å². The summed E-state index contributed by atoms with van der Waals surface area (Å²) in [5, 5.41) is 6.55. The molecule has 6 nitrogen and oxygen atoms in total. The third-order valence-corrected chi connectivity index (χ3v) is 4.32. The molecule has 0 spiro atoms. The number of amides is 1. The smallest absolute Gasteiger partial charge is 0.262 e. The Morgan fingerprint density at radius 3 is 2.54 bits per heavy atom. The predicted molar refractivity (Wildman–Crippen MR) is 114 cm³/mol. The maximum atomic E-state index is 12.1. The van der Waals surface area contributed by atoms with Gasteiger partial charge in [0, 0.05) is 25.3 Å². The highest BCUT2D eigenvalue weighted by Crippen LogP contribution is 2.36. The summed E-state index contributed by atoms with van der Waals surface area (Å²) in [4.78, 5) is 14.3. The van der Waals surface area contributed by atoms with Crippen molar-refractivity contribution in [3.63, 3.8) is 0 Å². The lowest BCUT2D eigenvalue weighted by Gasteiger charge is -2.15. The summed E-state index contributed by atoms with van der Waals surface area (Å²) in [5.74, 6) is 0.594. The normalized spacial score (nSPS) is 10.8. The summed E-state index contributed by atoms with van der Waals surface area (Å²) in [6.45, 7) is 4.31. The summed E-state index contributed by atoms with van der Waals surface area (Å²) in [6.07, 6.45) is 0. The van der Waals surface area contributed by atoms with Crippen LogP contribution in [-0.2, 0) is 11.3 Å².